The topological polar surface area (TPSA) is 21.3 Å². The molecule has 0 saturated heterocycles. The van der Waals surface area contributed by atoms with Gasteiger partial charge < -0.3 is 10.1 Å². The SMILES string of the molecule is COc1cccc(NC(C)c2cc(Br)ccc2F)c1. The summed E-state index contributed by atoms with van der Waals surface area (Å²) < 4.78 is 19.8. The summed E-state index contributed by atoms with van der Waals surface area (Å²) in [6.07, 6.45) is 0. The Morgan fingerprint density at radius 1 is 1.21 bits per heavy atom. The Kier molecular flexibility index (Phi) is 4.43. The Morgan fingerprint density at radius 2 is 2.00 bits per heavy atom. The third-order valence-electron chi connectivity index (χ3n) is 2.88. The molecule has 0 spiro atoms. The molecule has 4 heteroatoms. The molecule has 0 fully saturated rings. The summed E-state index contributed by atoms with van der Waals surface area (Å²) in [5.41, 5.74) is 1.52. The van der Waals surface area contributed by atoms with Gasteiger partial charge in [0.2, 0.25) is 0 Å². The Labute approximate surface area is 120 Å². The fraction of sp³-hybridized carbons (Fsp3) is 0.200. The van der Waals surface area contributed by atoms with Crippen LogP contribution in [0.15, 0.2) is 46.9 Å². The zero-order chi connectivity index (χ0) is 13.8. The second kappa shape index (κ2) is 6.06. The molecule has 0 aliphatic carbocycles. The molecule has 1 atom stereocenters. The van der Waals surface area contributed by atoms with Crippen molar-refractivity contribution in [3.63, 3.8) is 0 Å². The molecule has 0 aromatic heterocycles. The molecule has 0 aliphatic rings. The molecule has 0 saturated carbocycles. The van der Waals surface area contributed by atoms with E-state index >= 15 is 0 Å². The van der Waals surface area contributed by atoms with E-state index in [1.54, 1.807) is 19.2 Å². The molecule has 0 bridgehead atoms. The summed E-state index contributed by atoms with van der Waals surface area (Å²) >= 11 is 3.36. The van der Waals surface area contributed by atoms with E-state index in [1.165, 1.54) is 6.07 Å². The standard InChI is InChI=1S/C15H15BrFNO/c1-10(14-8-11(16)6-7-15(14)17)18-12-4-3-5-13(9-12)19-2/h3-10,18H,1-2H3. The van der Waals surface area contributed by atoms with Crippen molar-refractivity contribution in [3.8, 4) is 5.75 Å². The van der Waals surface area contributed by atoms with Crippen LogP contribution in [0.4, 0.5) is 10.1 Å². The molecule has 1 N–H and O–H groups in total. The molecule has 0 aliphatic heterocycles. The maximum atomic E-state index is 13.8. The third kappa shape index (κ3) is 3.47. The van der Waals surface area contributed by atoms with Crippen LogP contribution in [0.1, 0.15) is 18.5 Å². The van der Waals surface area contributed by atoms with Crippen molar-refractivity contribution in [2.45, 2.75) is 13.0 Å². The minimum Gasteiger partial charge on any atom is -0.497 e. The Hall–Kier alpha value is -1.55. The van der Waals surface area contributed by atoms with E-state index in [9.17, 15) is 4.39 Å². The van der Waals surface area contributed by atoms with Crippen molar-refractivity contribution in [2.24, 2.45) is 0 Å². The van der Waals surface area contributed by atoms with Gasteiger partial charge in [0.05, 0.1) is 13.2 Å². The quantitative estimate of drug-likeness (QED) is 0.875. The molecule has 1 unspecified atom stereocenters. The lowest BCUT2D eigenvalue weighted by Gasteiger charge is -2.17. The van der Waals surface area contributed by atoms with Crippen molar-refractivity contribution in [1.82, 2.24) is 0 Å². The van der Waals surface area contributed by atoms with E-state index in [1.807, 2.05) is 31.2 Å². The highest BCUT2D eigenvalue weighted by Crippen LogP contribution is 2.26. The van der Waals surface area contributed by atoms with Gasteiger partial charge in [0, 0.05) is 21.8 Å². The summed E-state index contributed by atoms with van der Waals surface area (Å²) in [6, 6.07) is 12.4. The minimum absolute atomic E-state index is 0.135. The predicted octanol–water partition coefficient (Wildman–Crippen LogP) is 4.77. The van der Waals surface area contributed by atoms with E-state index in [0.717, 1.165) is 15.9 Å². The van der Waals surface area contributed by atoms with Gasteiger partial charge in [-0.1, -0.05) is 22.0 Å². The maximum absolute atomic E-state index is 13.8. The Balaban J connectivity index is 2.20. The first kappa shape index (κ1) is 13.9. The van der Waals surface area contributed by atoms with Gasteiger partial charge in [-0.15, -0.1) is 0 Å². The van der Waals surface area contributed by atoms with Crippen molar-refractivity contribution >= 4 is 21.6 Å². The third-order valence-corrected chi connectivity index (χ3v) is 3.37. The van der Waals surface area contributed by atoms with Crippen LogP contribution in [-0.4, -0.2) is 7.11 Å². The van der Waals surface area contributed by atoms with Crippen LogP contribution >= 0.6 is 15.9 Å². The van der Waals surface area contributed by atoms with E-state index in [4.69, 9.17) is 4.74 Å². The molecule has 2 nitrogen and oxygen atoms in total. The maximum Gasteiger partial charge on any atom is 0.128 e. The van der Waals surface area contributed by atoms with Crippen LogP contribution in [0.3, 0.4) is 0 Å². The van der Waals surface area contributed by atoms with Gasteiger partial charge in [-0.25, -0.2) is 4.39 Å². The highest BCUT2D eigenvalue weighted by atomic mass is 79.9. The van der Waals surface area contributed by atoms with Crippen LogP contribution in [0.2, 0.25) is 0 Å². The Bertz CT molecular complexity index is 574. The van der Waals surface area contributed by atoms with Crippen LogP contribution < -0.4 is 10.1 Å². The molecule has 0 amide bonds. The van der Waals surface area contributed by atoms with Gasteiger partial charge in [0.15, 0.2) is 0 Å². The van der Waals surface area contributed by atoms with E-state index in [-0.39, 0.29) is 11.9 Å². The van der Waals surface area contributed by atoms with E-state index < -0.39 is 0 Å². The van der Waals surface area contributed by atoms with Gasteiger partial charge in [-0.3, -0.25) is 0 Å². The molecule has 2 aromatic rings. The van der Waals surface area contributed by atoms with Crippen molar-refractivity contribution in [2.75, 3.05) is 12.4 Å². The summed E-state index contributed by atoms with van der Waals surface area (Å²) in [5.74, 6) is 0.554. The van der Waals surface area contributed by atoms with Gasteiger partial charge in [-0.05, 0) is 37.3 Å². The van der Waals surface area contributed by atoms with E-state index in [2.05, 4.69) is 21.2 Å². The number of methoxy groups -OCH3 is 1. The highest BCUT2D eigenvalue weighted by molar-refractivity contribution is 9.10. The average molecular weight is 324 g/mol. The monoisotopic (exact) mass is 323 g/mol. The Morgan fingerprint density at radius 3 is 2.74 bits per heavy atom. The van der Waals surface area contributed by atoms with Crippen LogP contribution in [0.25, 0.3) is 0 Å². The summed E-state index contributed by atoms with van der Waals surface area (Å²) in [4.78, 5) is 0. The predicted molar refractivity (Wildman–Crippen MR) is 79.1 cm³/mol. The number of benzene rings is 2. The number of anilines is 1. The zero-order valence-corrected chi connectivity index (χ0v) is 12.4. The fourth-order valence-electron chi connectivity index (χ4n) is 1.89. The molecule has 2 rings (SSSR count). The van der Waals surface area contributed by atoms with Crippen LogP contribution in [0.5, 0.6) is 5.75 Å². The molecule has 19 heavy (non-hydrogen) atoms. The summed E-state index contributed by atoms with van der Waals surface area (Å²) in [7, 11) is 1.62. The molecule has 100 valence electrons. The first-order valence-electron chi connectivity index (χ1n) is 5.95. The number of hydrogen-bond acceptors (Lipinski definition) is 2. The van der Waals surface area contributed by atoms with Gasteiger partial charge in [0.1, 0.15) is 11.6 Å². The molecular formula is C15H15BrFNO. The highest BCUT2D eigenvalue weighted by Gasteiger charge is 2.11. The number of nitrogens with one attached hydrogen (secondary N) is 1. The summed E-state index contributed by atoms with van der Waals surface area (Å²) in [6.45, 7) is 1.92. The largest absolute Gasteiger partial charge is 0.497 e. The van der Waals surface area contributed by atoms with E-state index in [0.29, 0.717) is 5.56 Å². The normalized spacial score (nSPS) is 12.0. The van der Waals surface area contributed by atoms with Crippen molar-refractivity contribution < 1.29 is 9.13 Å². The van der Waals surface area contributed by atoms with Crippen molar-refractivity contribution in [1.29, 1.82) is 0 Å². The fourth-order valence-corrected chi connectivity index (χ4v) is 2.27. The van der Waals surface area contributed by atoms with Gasteiger partial charge in [-0.2, -0.15) is 0 Å². The zero-order valence-electron chi connectivity index (χ0n) is 10.8. The number of halogens is 2. The van der Waals surface area contributed by atoms with Crippen LogP contribution in [-0.2, 0) is 0 Å². The molecule has 0 radical (unpaired) electrons. The van der Waals surface area contributed by atoms with Crippen LogP contribution in [0, 0.1) is 5.82 Å². The summed E-state index contributed by atoms with van der Waals surface area (Å²) in [5, 5.41) is 3.26. The second-order valence-electron chi connectivity index (χ2n) is 4.26. The number of rotatable bonds is 4. The minimum atomic E-state index is -0.217. The lowest BCUT2D eigenvalue weighted by molar-refractivity contribution is 0.415. The van der Waals surface area contributed by atoms with Gasteiger partial charge in [0.25, 0.3) is 0 Å². The lowest BCUT2D eigenvalue weighted by atomic mass is 10.1. The van der Waals surface area contributed by atoms with Gasteiger partial charge >= 0.3 is 0 Å². The first-order valence-corrected chi connectivity index (χ1v) is 6.75. The smallest absolute Gasteiger partial charge is 0.128 e. The number of hydrogen-bond donors (Lipinski definition) is 1. The first-order chi connectivity index (χ1) is 9.10. The van der Waals surface area contributed by atoms with Crippen molar-refractivity contribution in [3.05, 3.63) is 58.3 Å². The average Bonchev–Trinajstić information content (AvgIpc) is 2.41. The number of ether oxygens (including phenoxy) is 1. The second-order valence-corrected chi connectivity index (χ2v) is 5.18. The molecule has 2 aromatic carbocycles. The molecule has 0 heterocycles. The molecular weight excluding hydrogens is 309 g/mol. The lowest BCUT2D eigenvalue weighted by Crippen LogP contribution is -2.08.